The first-order chi connectivity index (χ1) is 10.6. The molecule has 0 radical (unpaired) electrons. The number of benzene rings is 1. The Labute approximate surface area is 145 Å². The van der Waals surface area contributed by atoms with Crippen molar-refractivity contribution >= 4 is 18.3 Å². The fourth-order valence-electron chi connectivity index (χ4n) is 3.05. The third-order valence-electron chi connectivity index (χ3n) is 4.70. The highest BCUT2D eigenvalue weighted by Crippen LogP contribution is 2.28. The molecule has 2 unspecified atom stereocenters. The monoisotopic (exact) mass is 338 g/mol. The highest BCUT2D eigenvalue weighted by Gasteiger charge is 2.31. The van der Waals surface area contributed by atoms with Gasteiger partial charge >= 0.3 is 0 Å². The Bertz CT molecular complexity index is 534. The minimum absolute atomic E-state index is 0. The van der Waals surface area contributed by atoms with Gasteiger partial charge in [-0.15, -0.1) is 12.4 Å². The lowest BCUT2D eigenvalue weighted by molar-refractivity contribution is -0.143. The first-order valence-corrected chi connectivity index (χ1v) is 8.32. The summed E-state index contributed by atoms with van der Waals surface area (Å²) in [4.78, 5) is 14.5. The molecule has 5 heteroatoms. The number of halogens is 1. The zero-order chi connectivity index (χ0) is 15.5. The highest BCUT2D eigenvalue weighted by atomic mass is 35.5. The topological polar surface area (TPSA) is 41.6 Å². The fraction of sp³-hybridized carbons (Fsp3) is 0.611. The van der Waals surface area contributed by atoms with Gasteiger partial charge in [0.15, 0.2) is 0 Å². The lowest BCUT2D eigenvalue weighted by Crippen LogP contribution is -2.51. The molecule has 1 heterocycles. The molecular formula is C18H27ClN2O2. The second kappa shape index (κ2) is 8.13. The van der Waals surface area contributed by atoms with Gasteiger partial charge in [-0.2, -0.15) is 0 Å². The van der Waals surface area contributed by atoms with E-state index in [9.17, 15) is 4.79 Å². The van der Waals surface area contributed by atoms with Gasteiger partial charge in [0.05, 0.1) is 25.7 Å². The number of morpholine rings is 1. The largest absolute Gasteiger partial charge is 0.370 e. The molecule has 1 aromatic carbocycles. The Morgan fingerprint density at radius 1 is 1.35 bits per heavy atom. The molecule has 1 amide bonds. The molecule has 1 aliphatic heterocycles. The van der Waals surface area contributed by atoms with Gasteiger partial charge in [-0.05, 0) is 50.3 Å². The summed E-state index contributed by atoms with van der Waals surface area (Å²) in [6, 6.07) is 8.42. The van der Waals surface area contributed by atoms with E-state index in [0.29, 0.717) is 19.7 Å². The van der Waals surface area contributed by atoms with Crippen LogP contribution >= 0.6 is 12.4 Å². The maximum absolute atomic E-state index is 12.5. The summed E-state index contributed by atoms with van der Waals surface area (Å²) in [6.07, 6.45) is 2.61. The van der Waals surface area contributed by atoms with Crippen molar-refractivity contribution in [2.24, 2.45) is 5.92 Å². The van der Waals surface area contributed by atoms with Crippen LogP contribution in [-0.4, -0.2) is 43.1 Å². The van der Waals surface area contributed by atoms with Crippen LogP contribution in [0.1, 0.15) is 37.0 Å². The fourth-order valence-corrected chi connectivity index (χ4v) is 3.05. The van der Waals surface area contributed by atoms with Crippen LogP contribution < -0.4 is 5.32 Å². The number of aryl methyl sites for hydroxylation is 1. The Morgan fingerprint density at radius 3 is 2.78 bits per heavy atom. The molecule has 0 bridgehead atoms. The third-order valence-corrected chi connectivity index (χ3v) is 4.70. The quantitative estimate of drug-likeness (QED) is 0.897. The lowest BCUT2D eigenvalue weighted by atomic mass is 10.0. The third kappa shape index (κ3) is 4.69. The van der Waals surface area contributed by atoms with Crippen LogP contribution in [0.3, 0.4) is 0 Å². The summed E-state index contributed by atoms with van der Waals surface area (Å²) in [6.45, 7) is 6.84. The van der Waals surface area contributed by atoms with Crippen LogP contribution in [-0.2, 0) is 9.53 Å². The maximum atomic E-state index is 12.5. The van der Waals surface area contributed by atoms with Crippen molar-refractivity contribution < 1.29 is 9.53 Å². The van der Waals surface area contributed by atoms with Crippen LogP contribution in [0.5, 0.6) is 0 Å². The van der Waals surface area contributed by atoms with Crippen molar-refractivity contribution in [3.63, 3.8) is 0 Å². The van der Waals surface area contributed by atoms with Crippen molar-refractivity contribution in [2.75, 3.05) is 26.2 Å². The maximum Gasteiger partial charge on any atom is 0.236 e. The van der Waals surface area contributed by atoms with Crippen LogP contribution in [0, 0.1) is 12.8 Å². The van der Waals surface area contributed by atoms with Gasteiger partial charge in [0.1, 0.15) is 6.10 Å². The molecule has 2 aliphatic rings. The number of nitrogens with one attached hydrogen (secondary N) is 1. The Balaban J connectivity index is 0.00000192. The van der Waals surface area contributed by atoms with E-state index >= 15 is 0 Å². The summed E-state index contributed by atoms with van der Waals surface area (Å²) in [5.41, 5.74) is 2.42. The van der Waals surface area contributed by atoms with Gasteiger partial charge in [-0.1, -0.05) is 24.3 Å². The van der Waals surface area contributed by atoms with E-state index in [1.54, 1.807) is 0 Å². The van der Waals surface area contributed by atoms with Crippen molar-refractivity contribution in [3.05, 3.63) is 35.4 Å². The number of amides is 1. The summed E-state index contributed by atoms with van der Waals surface area (Å²) < 4.78 is 5.98. The van der Waals surface area contributed by atoms with E-state index < -0.39 is 0 Å². The molecule has 1 saturated carbocycles. The zero-order valence-corrected chi connectivity index (χ0v) is 14.8. The van der Waals surface area contributed by atoms with Gasteiger partial charge in [0.2, 0.25) is 5.91 Å². The summed E-state index contributed by atoms with van der Waals surface area (Å²) in [7, 11) is 0. The number of hydrogen-bond donors (Lipinski definition) is 1. The number of rotatable bonds is 5. The molecule has 3 rings (SSSR count). The SMILES string of the molecule is Cc1ccccc1C1CN(C(=O)CNCC2CC2)C(C)CO1.Cl. The van der Waals surface area contributed by atoms with Gasteiger partial charge < -0.3 is 15.0 Å². The predicted molar refractivity (Wildman–Crippen MR) is 93.9 cm³/mol. The molecule has 1 saturated heterocycles. The van der Waals surface area contributed by atoms with Crippen molar-refractivity contribution in [3.8, 4) is 0 Å². The van der Waals surface area contributed by atoms with Crippen molar-refractivity contribution in [2.45, 2.75) is 38.8 Å². The summed E-state index contributed by atoms with van der Waals surface area (Å²) in [5, 5.41) is 3.30. The minimum Gasteiger partial charge on any atom is -0.370 e. The molecule has 2 fully saturated rings. The van der Waals surface area contributed by atoms with E-state index in [2.05, 4.69) is 31.3 Å². The Morgan fingerprint density at radius 2 is 2.09 bits per heavy atom. The van der Waals surface area contributed by atoms with E-state index in [1.807, 2.05) is 17.0 Å². The highest BCUT2D eigenvalue weighted by molar-refractivity contribution is 5.85. The molecule has 2 atom stereocenters. The van der Waals surface area contributed by atoms with Gasteiger partial charge in [-0.25, -0.2) is 0 Å². The second-order valence-electron chi connectivity index (χ2n) is 6.65. The Kier molecular flexibility index (Phi) is 6.45. The Hall–Kier alpha value is -1.10. The molecular weight excluding hydrogens is 312 g/mol. The van der Waals surface area contributed by atoms with Crippen LogP contribution in [0.2, 0.25) is 0 Å². The number of carbonyl (C=O) groups is 1. The van der Waals surface area contributed by atoms with Crippen LogP contribution in [0.15, 0.2) is 24.3 Å². The first-order valence-electron chi connectivity index (χ1n) is 8.32. The van der Waals surface area contributed by atoms with E-state index in [4.69, 9.17) is 4.74 Å². The predicted octanol–water partition coefficient (Wildman–Crippen LogP) is 2.70. The van der Waals surface area contributed by atoms with Gasteiger partial charge in [0.25, 0.3) is 0 Å². The van der Waals surface area contributed by atoms with Crippen molar-refractivity contribution in [1.29, 1.82) is 0 Å². The number of carbonyl (C=O) groups excluding carboxylic acids is 1. The normalized spacial score (nSPS) is 24.2. The average molecular weight is 339 g/mol. The number of hydrogen-bond acceptors (Lipinski definition) is 3. The van der Waals surface area contributed by atoms with E-state index in [0.717, 1.165) is 12.5 Å². The smallest absolute Gasteiger partial charge is 0.236 e. The number of ether oxygens (including phenoxy) is 1. The minimum atomic E-state index is -0.00946. The van der Waals surface area contributed by atoms with Crippen molar-refractivity contribution in [1.82, 2.24) is 10.2 Å². The van der Waals surface area contributed by atoms with Crippen LogP contribution in [0.4, 0.5) is 0 Å². The second-order valence-corrected chi connectivity index (χ2v) is 6.65. The first kappa shape index (κ1) is 18.2. The van der Waals surface area contributed by atoms with E-state index in [1.165, 1.54) is 24.0 Å². The molecule has 1 aromatic rings. The average Bonchev–Trinajstić information content (AvgIpc) is 3.32. The molecule has 1 N–H and O–H groups in total. The van der Waals surface area contributed by atoms with E-state index in [-0.39, 0.29) is 30.5 Å². The molecule has 128 valence electrons. The van der Waals surface area contributed by atoms with Crippen LogP contribution in [0.25, 0.3) is 0 Å². The molecule has 1 aliphatic carbocycles. The zero-order valence-electron chi connectivity index (χ0n) is 14.0. The molecule has 4 nitrogen and oxygen atoms in total. The standard InChI is InChI=1S/C18H26N2O2.ClH/c1-13-5-3-4-6-16(13)17-11-20(14(2)12-22-17)18(21)10-19-9-15-7-8-15;/h3-6,14-15,17,19H,7-12H2,1-2H3;1H. The van der Waals surface area contributed by atoms with Gasteiger partial charge in [-0.3, -0.25) is 4.79 Å². The molecule has 0 spiro atoms. The number of nitrogens with zero attached hydrogens (tertiary/aromatic N) is 1. The molecule has 0 aromatic heterocycles. The summed E-state index contributed by atoms with van der Waals surface area (Å²) >= 11 is 0. The van der Waals surface area contributed by atoms with Gasteiger partial charge in [0, 0.05) is 0 Å². The molecule has 23 heavy (non-hydrogen) atoms. The summed E-state index contributed by atoms with van der Waals surface area (Å²) in [5.74, 6) is 0.990. The lowest BCUT2D eigenvalue weighted by Gasteiger charge is -2.38.